The van der Waals surface area contributed by atoms with Crippen LogP contribution in [0, 0.1) is 11.6 Å². The predicted molar refractivity (Wildman–Crippen MR) is 75.5 cm³/mol. The maximum Gasteiger partial charge on any atom is 0.201 e. The van der Waals surface area contributed by atoms with Crippen LogP contribution in [-0.4, -0.2) is 12.9 Å². The molecule has 2 aromatic rings. The minimum atomic E-state index is -0.745. The van der Waals surface area contributed by atoms with Gasteiger partial charge in [0.2, 0.25) is 5.78 Å². The van der Waals surface area contributed by atoms with Crippen LogP contribution >= 0.6 is 27.5 Å². The number of methoxy groups -OCH3 is 1. The molecule has 2 nitrogen and oxygen atoms in total. The summed E-state index contributed by atoms with van der Waals surface area (Å²) < 4.78 is 32.2. The van der Waals surface area contributed by atoms with Crippen LogP contribution in [0.15, 0.2) is 34.8 Å². The number of rotatable bonds is 3. The topological polar surface area (TPSA) is 26.3 Å². The highest BCUT2D eigenvalue weighted by molar-refractivity contribution is 9.10. The molecule has 0 aromatic heterocycles. The Morgan fingerprint density at radius 3 is 2.55 bits per heavy atom. The molecule has 6 heteroatoms. The van der Waals surface area contributed by atoms with Gasteiger partial charge in [0.1, 0.15) is 17.4 Å². The van der Waals surface area contributed by atoms with E-state index in [1.165, 1.54) is 25.3 Å². The van der Waals surface area contributed by atoms with Gasteiger partial charge in [-0.3, -0.25) is 4.79 Å². The summed E-state index contributed by atoms with van der Waals surface area (Å²) >= 11 is 8.83. The van der Waals surface area contributed by atoms with Gasteiger partial charge >= 0.3 is 0 Å². The number of halogens is 4. The Morgan fingerprint density at radius 1 is 1.25 bits per heavy atom. The summed E-state index contributed by atoms with van der Waals surface area (Å²) in [6.45, 7) is 0. The van der Waals surface area contributed by atoms with Crippen molar-refractivity contribution in [3.8, 4) is 5.75 Å². The lowest BCUT2D eigenvalue weighted by molar-refractivity contribution is 0.103. The highest BCUT2D eigenvalue weighted by Gasteiger charge is 2.22. The molecule has 0 atom stereocenters. The smallest absolute Gasteiger partial charge is 0.201 e. The van der Waals surface area contributed by atoms with E-state index in [1.807, 2.05) is 0 Å². The lowest BCUT2D eigenvalue weighted by atomic mass is 10.0. The van der Waals surface area contributed by atoms with Crippen LogP contribution in [0.4, 0.5) is 8.78 Å². The second-order valence-corrected chi connectivity index (χ2v) is 5.15. The minimum Gasteiger partial charge on any atom is -0.496 e. The number of hydrogen-bond acceptors (Lipinski definition) is 2. The van der Waals surface area contributed by atoms with E-state index in [4.69, 9.17) is 16.3 Å². The first-order chi connectivity index (χ1) is 9.45. The number of ether oxygens (including phenoxy) is 1. The van der Waals surface area contributed by atoms with Gasteiger partial charge in [0.25, 0.3) is 0 Å². The fourth-order valence-corrected chi connectivity index (χ4v) is 2.32. The van der Waals surface area contributed by atoms with E-state index < -0.39 is 17.4 Å². The first kappa shape index (κ1) is 14.9. The highest BCUT2D eigenvalue weighted by Crippen LogP contribution is 2.30. The predicted octanol–water partition coefficient (Wildman–Crippen LogP) is 4.62. The molecule has 0 heterocycles. The molecule has 20 heavy (non-hydrogen) atoms. The number of carbonyl (C=O) groups is 1. The Morgan fingerprint density at radius 2 is 1.95 bits per heavy atom. The van der Waals surface area contributed by atoms with E-state index in [1.54, 1.807) is 0 Å². The van der Waals surface area contributed by atoms with Crippen molar-refractivity contribution >= 4 is 33.3 Å². The van der Waals surface area contributed by atoms with Gasteiger partial charge in [0.15, 0.2) is 0 Å². The van der Waals surface area contributed by atoms with E-state index in [9.17, 15) is 13.6 Å². The standard InChI is InChI=1S/C14H8BrClF2O2/c1-20-12-6-11(18)8(15)5-7(12)14(19)13-9(16)3-2-4-10(13)17/h2-6H,1H3. The van der Waals surface area contributed by atoms with Gasteiger partial charge in [0.05, 0.1) is 27.7 Å². The van der Waals surface area contributed by atoms with Crippen molar-refractivity contribution in [1.82, 2.24) is 0 Å². The zero-order chi connectivity index (χ0) is 14.9. The molecular weight excluding hydrogens is 354 g/mol. The zero-order valence-electron chi connectivity index (χ0n) is 10.2. The zero-order valence-corrected chi connectivity index (χ0v) is 12.6. The van der Waals surface area contributed by atoms with E-state index in [0.29, 0.717) is 0 Å². The summed E-state index contributed by atoms with van der Waals surface area (Å²) in [6, 6.07) is 6.21. The summed E-state index contributed by atoms with van der Waals surface area (Å²) in [6.07, 6.45) is 0. The van der Waals surface area contributed by atoms with Crippen molar-refractivity contribution in [3.05, 3.63) is 62.6 Å². The first-order valence-electron chi connectivity index (χ1n) is 5.47. The third-order valence-corrected chi connectivity index (χ3v) is 3.60. The van der Waals surface area contributed by atoms with Crippen LogP contribution < -0.4 is 4.74 Å². The molecule has 2 aromatic carbocycles. The van der Waals surface area contributed by atoms with Crippen LogP contribution in [0.1, 0.15) is 15.9 Å². The van der Waals surface area contributed by atoms with Crippen molar-refractivity contribution in [2.45, 2.75) is 0 Å². The second kappa shape index (κ2) is 5.89. The van der Waals surface area contributed by atoms with Crippen molar-refractivity contribution in [2.75, 3.05) is 7.11 Å². The fraction of sp³-hybridized carbons (Fsp3) is 0.0714. The van der Waals surface area contributed by atoms with Crippen LogP contribution in [0.25, 0.3) is 0 Å². The van der Waals surface area contributed by atoms with Crippen molar-refractivity contribution in [2.24, 2.45) is 0 Å². The lowest BCUT2D eigenvalue weighted by Crippen LogP contribution is -2.08. The average molecular weight is 362 g/mol. The second-order valence-electron chi connectivity index (χ2n) is 3.89. The van der Waals surface area contributed by atoms with Gasteiger partial charge in [-0.25, -0.2) is 8.78 Å². The summed E-state index contributed by atoms with van der Waals surface area (Å²) in [5, 5.41) is -0.0162. The Hall–Kier alpha value is -1.46. The minimum absolute atomic E-state index is 0.00928. The molecule has 0 amide bonds. The SMILES string of the molecule is COc1cc(F)c(Br)cc1C(=O)c1c(F)cccc1Cl. The average Bonchev–Trinajstić information content (AvgIpc) is 2.41. The summed E-state index contributed by atoms with van der Waals surface area (Å²) in [5.41, 5.74) is -0.251. The molecular formula is C14H8BrClF2O2. The first-order valence-corrected chi connectivity index (χ1v) is 6.64. The van der Waals surface area contributed by atoms with Crippen molar-refractivity contribution in [3.63, 3.8) is 0 Å². The molecule has 0 bridgehead atoms. The van der Waals surface area contributed by atoms with E-state index >= 15 is 0 Å². The largest absolute Gasteiger partial charge is 0.496 e. The lowest BCUT2D eigenvalue weighted by Gasteiger charge is -2.10. The maximum absolute atomic E-state index is 13.8. The van der Waals surface area contributed by atoms with Gasteiger partial charge < -0.3 is 4.74 Å². The molecule has 0 saturated carbocycles. The number of ketones is 1. The van der Waals surface area contributed by atoms with Gasteiger partial charge in [-0.1, -0.05) is 17.7 Å². The normalized spacial score (nSPS) is 10.4. The van der Waals surface area contributed by atoms with Gasteiger partial charge in [-0.05, 0) is 34.1 Å². The third-order valence-electron chi connectivity index (χ3n) is 2.68. The van der Waals surface area contributed by atoms with Crippen LogP contribution in [0.5, 0.6) is 5.75 Å². The molecule has 0 unspecified atom stereocenters. The molecule has 0 spiro atoms. The monoisotopic (exact) mass is 360 g/mol. The summed E-state index contributed by atoms with van der Waals surface area (Å²) in [7, 11) is 1.29. The molecule has 0 aliphatic heterocycles. The quantitative estimate of drug-likeness (QED) is 0.746. The van der Waals surface area contributed by atoms with Crippen LogP contribution in [0.2, 0.25) is 5.02 Å². The number of hydrogen-bond donors (Lipinski definition) is 0. The van der Waals surface area contributed by atoms with Crippen LogP contribution in [-0.2, 0) is 0 Å². The molecule has 104 valence electrons. The summed E-state index contributed by atoms with van der Waals surface area (Å²) in [5.74, 6) is -2.00. The maximum atomic E-state index is 13.8. The molecule has 0 fully saturated rings. The fourth-order valence-electron chi connectivity index (χ4n) is 1.72. The van der Waals surface area contributed by atoms with Gasteiger partial charge in [-0.2, -0.15) is 0 Å². The third kappa shape index (κ3) is 2.69. The molecule has 0 saturated heterocycles. The van der Waals surface area contributed by atoms with E-state index in [0.717, 1.165) is 12.1 Å². The number of carbonyl (C=O) groups excluding carboxylic acids is 1. The van der Waals surface area contributed by atoms with Crippen molar-refractivity contribution in [1.29, 1.82) is 0 Å². The molecule has 0 aliphatic carbocycles. The van der Waals surface area contributed by atoms with Gasteiger partial charge in [-0.15, -0.1) is 0 Å². The number of benzene rings is 2. The Bertz CT molecular complexity index is 669. The molecule has 0 N–H and O–H groups in total. The van der Waals surface area contributed by atoms with Crippen LogP contribution in [0.3, 0.4) is 0 Å². The molecule has 0 aliphatic rings. The van der Waals surface area contributed by atoms with Gasteiger partial charge in [0, 0.05) is 6.07 Å². The molecule has 2 rings (SSSR count). The molecule has 0 radical (unpaired) electrons. The Balaban J connectivity index is 2.62. The van der Waals surface area contributed by atoms with Crippen molar-refractivity contribution < 1.29 is 18.3 Å². The van der Waals surface area contributed by atoms with E-state index in [-0.39, 0.29) is 26.4 Å². The van der Waals surface area contributed by atoms with E-state index in [2.05, 4.69) is 15.9 Å². The summed E-state index contributed by atoms with van der Waals surface area (Å²) in [4.78, 5) is 12.4. The Labute approximate surface area is 127 Å². The Kier molecular flexibility index (Phi) is 4.40. The highest BCUT2D eigenvalue weighted by atomic mass is 79.9.